The molecule has 2 rings (SSSR count). The van der Waals surface area contributed by atoms with Gasteiger partial charge in [-0.15, -0.1) is 24.5 Å². The Balaban J connectivity index is 1.79. The van der Waals surface area contributed by atoms with Crippen LogP contribution in [0, 0.1) is 0 Å². The van der Waals surface area contributed by atoms with E-state index in [9.17, 15) is 18.0 Å². The number of nitrogens with one attached hydrogen (secondary N) is 2. The summed E-state index contributed by atoms with van der Waals surface area (Å²) >= 11 is 1.62. The zero-order chi connectivity index (χ0) is 19.2. The molecule has 0 bridgehead atoms. The maximum absolute atomic E-state index is 12.1. The van der Waals surface area contributed by atoms with Crippen LogP contribution in [0.15, 0.2) is 41.8 Å². The molecule has 0 aliphatic rings. The summed E-state index contributed by atoms with van der Waals surface area (Å²) in [6.07, 6.45) is -4.72. The van der Waals surface area contributed by atoms with Crippen molar-refractivity contribution in [2.24, 2.45) is 0 Å². The fraction of sp³-hybridized carbons (Fsp3) is 0.353. The van der Waals surface area contributed by atoms with Crippen LogP contribution in [0.5, 0.6) is 5.75 Å². The minimum Gasteiger partial charge on any atom is -0.406 e. The number of amides is 2. The van der Waals surface area contributed by atoms with Gasteiger partial charge in [-0.1, -0.05) is 18.2 Å². The third-order valence-electron chi connectivity index (χ3n) is 3.56. The first-order chi connectivity index (χ1) is 12.2. The maximum Gasteiger partial charge on any atom is 0.573 e. The summed E-state index contributed by atoms with van der Waals surface area (Å²) in [5.41, 5.74) is 0.664. The van der Waals surface area contributed by atoms with Gasteiger partial charge in [0.25, 0.3) is 0 Å². The van der Waals surface area contributed by atoms with Crippen molar-refractivity contribution in [3.63, 3.8) is 0 Å². The van der Waals surface area contributed by atoms with E-state index in [4.69, 9.17) is 0 Å². The quantitative estimate of drug-likeness (QED) is 0.761. The van der Waals surface area contributed by atoms with Crippen molar-refractivity contribution < 1.29 is 22.7 Å². The first-order valence-electron chi connectivity index (χ1n) is 7.81. The largest absolute Gasteiger partial charge is 0.573 e. The van der Waals surface area contributed by atoms with Crippen molar-refractivity contribution >= 4 is 17.4 Å². The van der Waals surface area contributed by atoms with Crippen molar-refractivity contribution in [2.45, 2.75) is 18.9 Å². The molecule has 0 aliphatic heterocycles. The van der Waals surface area contributed by atoms with Crippen LogP contribution in [0.1, 0.15) is 16.5 Å². The number of nitrogens with zero attached hydrogens (tertiary/aromatic N) is 1. The smallest absolute Gasteiger partial charge is 0.406 e. The molecule has 0 unspecified atom stereocenters. The van der Waals surface area contributed by atoms with Crippen molar-refractivity contribution in [3.8, 4) is 5.75 Å². The lowest BCUT2D eigenvalue weighted by molar-refractivity contribution is -0.274. The lowest BCUT2D eigenvalue weighted by Gasteiger charge is -2.23. The summed E-state index contributed by atoms with van der Waals surface area (Å²) in [5.74, 6) is -0.296. The topological polar surface area (TPSA) is 53.6 Å². The highest BCUT2D eigenvalue weighted by molar-refractivity contribution is 7.10. The number of carbonyl (C=O) groups excluding carboxylic acids is 1. The fourth-order valence-electron chi connectivity index (χ4n) is 2.26. The number of urea groups is 1. The molecular formula is C17H20F3N3O2S. The third kappa shape index (κ3) is 6.57. The third-order valence-corrected chi connectivity index (χ3v) is 4.53. The molecule has 0 radical (unpaired) electrons. The predicted octanol–water partition coefficient (Wildman–Crippen LogP) is 3.75. The molecule has 5 nitrogen and oxygen atoms in total. The van der Waals surface area contributed by atoms with Gasteiger partial charge in [0.1, 0.15) is 5.75 Å². The SMILES string of the molecule is CN(C)[C@@H](CNC(=O)NCc1ccc(OC(F)(F)F)cc1)c1cccs1. The minimum atomic E-state index is -4.72. The van der Waals surface area contributed by atoms with Crippen LogP contribution in [0.3, 0.4) is 0 Å². The molecule has 0 fully saturated rings. The van der Waals surface area contributed by atoms with Crippen LogP contribution in [0.2, 0.25) is 0 Å². The van der Waals surface area contributed by atoms with Crippen molar-refractivity contribution in [1.82, 2.24) is 15.5 Å². The monoisotopic (exact) mass is 387 g/mol. The first kappa shape index (κ1) is 20.1. The van der Waals surface area contributed by atoms with Gasteiger partial charge in [-0.05, 0) is 43.2 Å². The molecule has 1 aromatic heterocycles. The standard InChI is InChI=1S/C17H20F3N3O2S/c1-23(2)14(15-4-3-9-26-15)11-22-16(24)21-10-12-5-7-13(8-6-12)25-17(18,19)20/h3-9,14H,10-11H2,1-2H3,(H2,21,22,24)/t14-/m0/s1. The number of benzene rings is 1. The molecule has 0 saturated heterocycles. The summed E-state index contributed by atoms with van der Waals surface area (Å²) < 4.78 is 40.1. The summed E-state index contributed by atoms with van der Waals surface area (Å²) in [4.78, 5) is 15.1. The summed E-state index contributed by atoms with van der Waals surface area (Å²) in [5, 5.41) is 7.47. The number of rotatable bonds is 7. The van der Waals surface area contributed by atoms with Crippen molar-refractivity contribution in [1.29, 1.82) is 0 Å². The highest BCUT2D eigenvalue weighted by Gasteiger charge is 2.30. The predicted molar refractivity (Wildman–Crippen MR) is 94.1 cm³/mol. The molecule has 9 heteroatoms. The van der Waals surface area contributed by atoms with Crippen molar-refractivity contribution in [2.75, 3.05) is 20.6 Å². The average Bonchev–Trinajstić information content (AvgIpc) is 3.07. The lowest BCUT2D eigenvalue weighted by atomic mass is 10.2. The Kier molecular flexibility index (Phi) is 6.87. The number of likely N-dealkylation sites (N-methyl/N-ethyl adjacent to an activating group) is 1. The zero-order valence-electron chi connectivity index (χ0n) is 14.3. The molecule has 1 aromatic carbocycles. The number of alkyl halides is 3. The van der Waals surface area contributed by atoms with Crippen molar-refractivity contribution in [3.05, 3.63) is 52.2 Å². The Bertz CT molecular complexity index is 688. The van der Waals surface area contributed by atoms with E-state index in [1.54, 1.807) is 11.3 Å². The number of carbonyl (C=O) groups is 1. The van der Waals surface area contributed by atoms with E-state index in [0.717, 1.165) is 4.88 Å². The Labute approximate surface area is 153 Å². The summed E-state index contributed by atoms with van der Waals surface area (Å²) in [6, 6.07) is 9.05. The van der Waals surface area contributed by atoms with Crippen LogP contribution in [-0.2, 0) is 6.54 Å². The summed E-state index contributed by atoms with van der Waals surface area (Å²) in [7, 11) is 3.88. The van der Waals surface area contributed by atoms with Crippen LogP contribution in [-0.4, -0.2) is 37.9 Å². The van der Waals surface area contributed by atoms with E-state index in [1.165, 1.54) is 24.3 Å². The molecule has 2 amide bonds. The number of thiophene rings is 1. The number of hydrogen-bond donors (Lipinski definition) is 2. The van der Waals surface area contributed by atoms with Gasteiger partial charge in [0.2, 0.25) is 0 Å². The Morgan fingerprint density at radius 2 is 1.88 bits per heavy atom. The van der Waals surface area contributed by atoms with E-state index in [-0.39, 0.29) is 24.4 Å². The molecule has 1 heterocycles. The average molecular weight is 387 g/mol. The zero-order valence-corrected chi connectivity index (χ0v) is 15.2. The Morgan fingerprint density at radius 1 is 1.19 bits per heavy atom. The highest BCUT2D eigenvalue weighted by atomic mass is 32.1. The molecule has 0 aliphatic carbocycles. The van der Waals surface area contributed by atoms with Gasteiger partial charge in [-0.2, -0.15) is 0 Å². The molecular weight excluding hydrogens is 367 g/mol. The van der Waals surface area contributed by atoms with E-state index in [1.807, 2.05) is 36.5 Å². The van der Waals surface area contributed by atoms with Crippen LogP contribution in [0.25, 0.3) is 0 Å². The number of hydrogen-bond acceptors (Lipinski definition) is 4. The van der Waals surface area contributed by atoms with Gasteiger partial charge in [-0.3, -0.25) is 0 Å². The molecule has 2 N–H and O–H groups in total. The Morgan fingerprint density at radius 3 is 2.42 bits per heavy atom. The lowest BCUT2D eigenvalue weighted by Crippen LogP contribution is -2.40. The number of halogens is 3. The van der Waals surface area contributed by atoms with Gasteiger partial charge in [-0.25, -0.2) is 4.79 Å². The van der Waals surface area contributed by atoms with Crippen LogP contribution < -0.4 is 15.4 Å². The van der Waals surface area contributed by atoms with Gasteiger partial charge in [0.15, 0.2) is 0 Å². The van der Waals surface area contributed by atoms with E-state index >= 15 is 0 Å². The van der Waals surface area contributed by atoms with Crippen LogP contribution in [0.4, 0.5) is 18.0 Å². The second kappa shape index (κ2) is 8.91. The summed E-state index contributed by atoms with van der Waals surface area (Å²) in [6.45, 7) is 0.640. The molecule has 26 heavy (non-hydrogen) atoms. The highest BCUT2D eigenvalue weighted by Crippen LogP contribution is 2.23. The maximum atomic E-state index is 12.1. The molecule has 142 valence electrons. The van der Waals surface area contributed by atoms with E-state index in [2.05, 4.69) is 15.4 Å². The minimum absolute atomic E-state index is 0.0690. The second-order valence-corrected chi connectivity index (χ2v) is 6.73. The van der Waals surface area contributed by atoms with Gasteiger partial charge < -0.3 is 20.3 Å². The Hall–Kier alpha value is -2.26. The van der Waals surface area contributed by atoms with E-state index in [0.29, 0.717) is 12.1 Å². The van der Waals surface area contributed by atoms with Crippen LogP contribution >= 0.6 is 11.3 Å². The molecule has 0 spiro atoms. The van der Waals surface area contributed by atoms with Gasteiger partial charge in [0, 0.05) is 18.0 Å². The van der Waals surface area contributed by atoms with E-state index < -0.39 is 6.36 Å². The molecule has 1 atom stereocenters. The number of ether oxygens (including phenoxy) is 1. The first-order valence-corrected chi connectivity index (χ1v) is 8.69. The molecule has 0 saturated carbocycles. The second-order valence-electron chi connectivity index (χ2n) is 5.75. The normalized spacial score (nSPS) is 12.7. The fourth-order valence-corrected chi connectivity index (χ4v) is 3.18. The van der Waals surface area contributed by atoms with Gasteiger partial charge in [0.05, 0.1) is 6.04 Å². The molecule has 2 aromatic rings. The van der Waals surface area contributed by atoms with Gasteiger partial charge >= 0.3 is 12.4 Å².